The monoisotopic (exact) mass is 660 g/mol. The Bertz CT molecular complexity index is 2720. The smallest absolute Gasteiger partial charge is 0.0991 e. The maximum Gasteiger partial charge on any atom is 0.0991 e. The summed E-state index contributed by atoms with van der Waals surface area (Å²) in [6, 6.07) is 70.6. The van der Waals surface area contributed by atoms with E-state index in [-0.39, 0.29) is 0 Å². The molecule has 0 amide bonds. The predicted molar refractivity (Wildman–Crippen MR) is 217 cm³/mol. The molecule has 0 saturated carbocycles. The van der Waals surface area contributed by atoms with Crippen LogP contribution in [0.2, 0.25) is 0 Å². The van der Waals surface area contributed by atoms with Crippen molar-refractivity contribution in [3.05, 3.63) is 200 Å². The number of hydrogen-bond acceptors (Lipinski definition) is 2. The van der Waals surface area contributed by atoms with Crippen LogP contribution >= 0.6 is 0 Å². The fourth-order valence-electron chi connectivity index (χ4n) is 7.19. The maximum atomic E-state index is 9.24. The molecule has 0 unspecified atom stereocenters. The van der Waals surface area contributed by atoms with E-state index >= 15 is 0 Å². The Balaban J connectivity index is 1.22. The van der Waals surface area contributed by atoms with Gasteiger partial charge in [-0.15, -0.1) is 0 Å². The van der Waals surface area contributed by atoms with Gasteiger partial charge in [-0.3, -0.25) is 0 Å². The van der Waals surface area contributed by atoms with Crippen LogP contribution in [-0.4, -0.2) is 4.98 Å². The van der Waals surface area contributed by atoms with Crippen LogP contribution in [0.4, 0.5) is 0 Å². The Morgan fingerprint density at radius 2 is 0.712 bits per heavy atom. The summed E-state index contributed by atoms with van der Waals surface area (Å²) in [5.74, 6) is 0. The molecule has 0 bridgehead atoms. The van der Waals surface area contributed by atoms with Gasteiger partial charge in [0.25, 0.3) is 0 Å². The fraction of sp³-hybridized carbons (Fsp3) is 0. The molecule has 0 atom stereocenters. The number of pyridine rings is 1. The van der Waals surface area contributed by atoms with Gasteiger partial charge in [-0.2, -0.15) is 5.26 Å². The fourth-order valence-corrected chi connectivity index (χ4v) is 7.19. The molecule has 0 N–H and O–H groups in total. The summed E-state index contributed by atoms with van der Waals surface area (Å²) in [4.78, 5) is 5.40. The van der Waals surface area contributed by atoms with Crippen molar-refractivity contribution in [3.63, 3.8) is 0 Å². The highest BCUT2D eigenvalue weighted by atomic mass is 14.7. The summed E-state index contributed by atoms with van der Waals surface area (Å²) >= 11 is 0. The standard InChI is InChI=1S/C50H32N2/c51-33-34-15-17-37(18-16-34)40-23-29-43(30-24-40)49-32-47(42-27-21-39(22-28-42)36-11-5-2-6-12-36)48-31-46(44-13-7-8-14-45(44)50(48)52-49)41-25-19-38(20-26-41)35-9-3-1-4-10-35/h1-32H. The van der Waals surface area contributed by atoms with Crippen molar-refractivity contribution in [1.29, 1.82) is 5.26 Å². The molecule has 0 radical (unpaired) electrons. The number of rotatable bonds is 6. The summed E-state index contributed by atoms with van der Waals surface area (Å²) in [6.07, 6.45) is 0. The molecular formula is C50H32N2. The number of nitriles is 1. The Hall–Kier alpha value is -7.08. The molecule has 1 heterocycles. The summed E-state index contributed by atoms with van der Waals surface area (Å²) in [5.41, 5.74) is 15.2. The first-order valence-corrected chi connectivity index (χ1v) is 17.5. The molecule has 0 aliphatic carbocycles. The van der Waals surface area contributed by atoms with Crippen molar-refractivity contribution in [2.45, 2.75) is 0 Å². The molecule has 1 aromatic heterocycles. The number of nitrogens with zero attached hydrogens (tertiary/aromatic N) is 2. The zero-order chi connectivity index (χ0) is 34.9. The molecule has 8 aromatic carbocycles. The Morgan fingerprint density at radius 3 is 1.21 bits per heavy atom. The Morgan fingerprint density at radius 1 is 0.327 bits per heavy atom. The second-order valence-corrected chi connectivity index (χ2v) is 13.1. The zero-order valence-corrected chi connectivity index (χ0v) is 28.4. The minimum Gasteiger partial charge on any atom is -0.247 e. The first kappa shape index (κ1) is 30.9. The predicted octanol–water partition coefficient (Wildman–Crippen LogP) is 13.3. The van der Waals surface area contributed by atoms with Gasteiger partial charge in [0, 0.05) is 16.3 Å². The topological polar surface area (TPSA) is 36.7 Å². The van der Waals surface area contributed by atoms with E-state index in [0.717, 1.165) is 49.8 Å². The third kappa shape index (κ3) is 5.81. The van der Waals surface area contributed by atoms with E-state index in [4.69, 9.17) is 4.98 Å². The third-order valence-electron chi connectivity index (χ3n) is 9.95. The Kier molecular flexibility index (Phi) is 7.93. The molecule has 0 saturated heterocycles. The Labute approximate surface area is 303 Å². The van der Waals surface area contributed by atoms with Crippen molar-refractivity contribution in [3.8, 4) is 73.0 Å². The molecule has 2 nitrogen and oxygen atoms in total. The number of aromatic nitrogens is 1. The zero-order valence-electron chi connectivity index (χ0n) is 28.4. The quantitative estimate of drug-likeness (QED) is 0.166. The van der Waals surface area contributed by atoms with Crippen LogP contribution in [0.25, 0.3) is 88.6 Å². The summed E-state index contributed by atoms with van der Waals surface area (Å²) < 4.78 is 0. The van der Waals surface area contributed by atoms with Crippen LogP contribution in [0.1, 0.15) is 5.56 Å². The van der Waals surface area contributed by atoms with E-state index in [0.29, 0.717) is 5.56 Å². The molecule has 9 aromatic rings. The van der Waals surface area contributed by atoms with Crippen LogP contribution < -0.4 is 0 Å². The van der Waals surface area contributed by atoms with Crippen LogP contribution in [0, 0.1) is 11.3 Å². The van der Waals surface area contributed by atoms with Crippen molar-refractivity contribution in [1.82, 2.24) is 4.98 Å². The van der Waals surface area contributed by atoms with Gasteiger partial charge in [-0.25, -0.2) is 4.98 Å². The lowest BCUT2D eigenvalue weighted by Crippen LogP contribution is -1.93. The van der Waals surface area contributed by atoms with Gasteiger partial charge in [0.05, 0.1) is 22.8 Å². The van der Waals surface area contributed by atoms with Gasteiger partial charge >= 0.3 is 0 Å². The van der Waals surface area contributed by atoms with Gasteiger partial charge in [0.1, 0.15) is 0 Å². The van der Waals surface area contributed by atoms with Gasteiger partial charge in [0.15, 0.2) is 0 Å². The molecule has 9 rings (SSSR count). The molecule has 0 fully saturated rings. The van der Waals surface area contributed by atoms with E-state index in [2.05, 4.69) is 176 Å². The lowest BCUT2D eigenvalue weighted by atomic mass is 9.90. The van der Waals surface area contributed by atoms with Crippen molar-refractivity contribution >= 4 is 21.7 Å². The van der Waals surface area contributed by atoms with E-state index in [1.165, 1.54) is 38.8 Å². The van der Waals surface area contributed by atoms with Gasteiger partial charge in [0.2, 0.25) is 0 Å². The number of hydrogen-bond donors (Lipinski definition) is 0. The molecule has 0 aliphatic heterocycles. The van der Waals surface area contributed by atoms with Crippen LogP contribution in [0.5, 0.6) is 0 Å². The molecule has 0 spiro atoms. The average Bonchev–Trinajstić information content (AvgIpc) is 3.24. The van der Waals surface area contributed by atoms with E-state index in [1.54, 1.807) is 0 Å². The summed E-state index contributed by atoms with van der Waals surface area (Å²) in [6.45, 7) is 0. The normalized spacial score (nSPS) is 11.1. The lowest BCUT2D eigenvalue weighted by Gasteiger charge is -2.16. The first-order valence-electron chi connectivity index (χ1n) is 17.5. The van der Waals surface area contributed by atoms with Crippen LogP contribution in [0.15, 0.2) is 194 Å². The highest BCUT2D eigenvalue weighted by Crippen LogP contribution is 2.41. The van der Waals surface area contributed by atoms with E-state index in [9.17, 15) is 5.26 Å². The van der Waals surface area contributed by atoms with Crippen molar-refractivity contribution < 1.29 is 0 Å². The van der Waals surface area contributed by atoms with E-state index < -0.39 is 0 Å². The van der Waals surface area contributed by atoms with E-state index in [1.807, 2.05) is 24.3 Å². The highest BCUT2D eigenvalue weighted by molar-refractivity contribution is 6.16. The second-order valence-electron chi connectivity index (χ2n) is 13.1. The molecule has 52 heavy (non-hydrogen) atoms. The highest BCUT2D eigenvalue weighted by Gasteiger charge is 2.16. The number of benzene rings is 8. The van der Waals surface area contributed by atoms with Crippen molar-refractivity contribution in [2.24, 2.45) is 0 Å². The lowest BCUT2D eigenvalue weighted by molar-refractivity contribution is 1.41. The molecule has 0 aliphatic rings. The molecule has 2 heteroatoms. The number of fused-ring (bicyclic) bond motifs is 3. The summed E-state index contributed by atoms with van der Waals surface area (Å²) in [7, 11) is 0. The van der Waals surface area contributed by atoms with Gasteiger partial charge in [-0.1, -0.05) is 170 Å². The third-order valence-corrected chi connectivity index (χ3v) is 9.95. The minimum absolute atomic E-state index is 0.657. The molecule has 242 valence electrons. The summed E-state index contributed by atoms with van der Waals surface area (Å²) in [5, 5.41) is 12.7. The average molecular weight is 661 g/mol. The molecular weight excluding hydrogens is 629 g/mol. The van der Waals surface area contributed by atoms with Gasteiger partial charge in [-0.05, 0) is 85.3 Å². The van der Waals surface area contributed by atoms with Crippen LogP contribution in [0.3, 0.4) is 0 Å². The minimum atomic E-state index is 0.657. The van der Waals surface area contributed by atoms with Crippen LogP contribution in [-0.2, 0) is 0 Å². The van der Waals surface area contributed by atoms with Crippen molar-refractivity contribution in [2.75, 3.05) is 0 Å². The maximum absolute atomic E-state index is 9.24. The first-order chi connectivity index (χ1) is 25.7. The second kappa shape index (κ2) is 13.3. The SMILES string of the molecule is N#Cc1ccc(-c2ccc(-c3cc(-c4ccc(-c5ccccc5)cc4)c4cc(-c5ccc(-c6ccccc6)cc5)c5ccccc5c4n3)cc2)cc1. The van der Waals surface area contributed by atoms with Gasteiger partial charge < -0.3 is 0 Å². The largest absolute Gasteiger partial charge is 0.247 e.